The van der Waals surface area contributed by atoms with Crippen LogP contribution in [0.3, 0.4) is 0 Å². The van der Waals surface area contributed by atoms with Crippen molar-refractivity contribution in [1.29, 1.82) is 0 Å². The van der Waals surface area contributed by atoms with Crippen LogP contribution in [0.5, 0.6) is 0 Å². The topological polar surface area (TPSA) is 79.2 Å². The Morgan fingerprint density at radius 3 is 2.41 bits per heavy atom. The molecule has 4 rings (SSSR count). The molecule has 0 unspecified atom stereocenters. The number of piperazine rings is 1. The molecule has 0 amide bonds. The summed E-state index contributed by atoms with van der Waals surface area (Å²) in [5, 5.41) is 0. The molecule has 0 aliphatic carbocycles. The van der Waals surface area contributed by atoms with Crippen molar-refractivity contribution >= 4 is 33.0 Å². The van der Waals surface area contributed by atoms with Crippen LogP contribution in [0.2, 0.25) is 0 Å². The van der Waals surface area contributed by atoms with Crippen molar-refractivity contribution in [1.82, 2.24) is 24.0 Å². The van der Waals surface area contributed by atoms with Crippen LogP contribution >= 0.6 is 15.9 Å². The molecule has 1 aliphatic rings. The summed E-state index contributed by atoms with van der Waals surface area (Å²) in [6, 6.07) is 7.98. The number of hydrogen-bond donors (Lipinski definition) is 1. The molecule has 8 nitrogen and oxygen atoms in total. The van der Waals surface area contributed by atoms with Crippen molar-refractivity contribution < 1.29 is 0 Å². The van der Waals surface area contributed by atoms with Gasteiger partial charge < -0.3 is 9.80 Å². The third kappa shape index (κ3) is 3.32. The molecule has 142 valence electrons. The smallest absolute Gasteiger partial charge is 0.329 e. The van der Waals surface area contributed by atoms with E-state index in [0.29, 0.717) is 17.7 Å². The van der Waals surface area contributed by atoms with Gasteiger partial charge in [0.15, 0.2) is 11.2 Å². The number of benzene rings is 1. The van der Waals surface area contributed by atoms with Crippen LogP contribution < -0.4 is 16.1 Å². The van der Waals surface area contributed by atoms with Crippen LogP contribution in [0.15, 0.2) is 38.3 Å². The lowest BCUT2D eigenvalue weighted by molar-refractivity contribution is 0.310. The number of anilines is 1. The zero-order chi connectivity index (χ0) is 19.1. The number of fused-ring (bicyclic) bond motifs is 1. The number of aromatic amines is 1. The van der Waals surface area contributed by atoms with Crippen LogP contribution in [0.4, 0.5) is 5.95 Å². The number of likely N-dealkylation sites (N-methyl/N-ethyl adjacent to an activating group) is 1. The SMILES string of the molecule is CN1CCN(c2nc3c(c(=O)[nH]c(=O)n3C)n2Cc2ccc(Br)cc2)CC1. The Labute approximate surface area is 164 Å². The Morgan fingerprint density at radius 1 is 1.07 bits per heavy atom. The van der Waals surface area contributed by atoms with Gasteiger partial charge in [-0.25, -0.2) is 4.79 Å². The molecular weight excluding hydrogens is 412 g/mol. The zero-order valence-corrected chi connectivity index (χ0v) is 16.9. The molecule has 0 saturated carbocycles. The molecule has 27 heavy (non-hydrogen) atoms. The van der Waals surface area contributed by atoms with E-state index in [1.807, 2.05) is 28.8 Å². The fourth-order valence-electron chi connectivity index (χ4n) is 3.39. The summed E-state index contributed by atoms with van der Waals surface area (Å²) < 4.78 is 4.32. The summed E-state index contributed by atoms with van der Waals surface area (Å²) in [5.41, 5.74) is 1.04. The normalized spacial score (nSPS) is 15.6. The molecule has 1 fully saturated rings. The predicted molar refractivity (Wildman–Crippen MR) is 109 cm³/mol. The van der Waals surface area contributed by atoms with Gasteiger partial charge in [-0.05, 0) is 24.7 Å². The summed E-state index contributed by atoms with van der Waals surface area (Å²) in [4.78, 5) is 36.2. The van der Waals surface area contributed by atoms with Crippen molar-refractivity contribution in [3.05, 3.63) is 55.1 Å². The number of aromatic nitrogens is 4. The lowest BCUT2D eigenvalue weighted by atomic mass is 10.2. The highest BCUT2D eigenvalue weighted by Crippen LogP contribution is 2.22. The van der Waals surface area contributed by atoms with Crippen molar-refractivity contribution in [3.8, 4) is 0 Å². The van der Waals surface area contributed by atoms with Gasteiger partial charge in [-0.1, -0.05) is 28.1 Å². The Bertz CT molecular complexity index is 1090. The summed E-state index contributed by atoms with van der Waals surface area (Å²) in [6.45, 7) is 4.01. The van der Waals surface area contributed by atoms with E-state index in [1.165, 1.54) is 4.57 Å². The number of rotatable bonds is 3. The van der Waals surface area contributed by atoms with E-state index in [-0.39, 0.29) is 0 Å². The molecule has 0 atom stereocenters. The van der Waals surface area contributed by atoms with Crippen molar-refractivity contribution in [3.63, 3.8) is 0 Å². The quantitative estimate of drug-likeness (QED) is 0.667. The molecule has 1 N–H and O–H groups in total. The van der Waals surface area contributed by atoms with Crippen LogP contribution in [-0.2, 0) is 13.6 Å². The number of halogens is 1. The van der Waals surface area contributed by atoms with Gasteiger partial charge in [-0.3, -0.25) is 18.9 Å². The molecule has 1 aromatic carbocycles. The summed E-state index contributed by atoms with van der Waals surface area (Å²) in [7, 11) is 3.72. The molecule has 2 aromatic heterocycles. The number of nitrogens with zero attached hydrogens (tertiary/aromatic N) is 5. The molecular formula is C18H21BrN6O2. The minimum absolute atomic E-state index is 0.405. The maximum atomic E-state index is 12.6. The third-order valence-electron chi connectivity index (χ3n) is 5.03. The largest absolute Gasteiger partial charge is 0.340 e. The Morgan fingerprint density at radius 2 is 1.74 bits per heavy atom. The van der Waals surface area contributed by atoms with E-state index in [2.05, 4.69) is 37.8 Å². The first-order valence-electron chi connectivity index (χ1n) is 8.81. The lowest BCUT2D eigenvalue weighted by Gasteiger charge is -2.33. The van der Waals surface area contributed by atoms with E-state index in [4.69, 9.17) is 4.98 Å². The number of hydrogen-bond acceptors (Lipinski definition) is 5. The molecule has 0 bridgehead atoms. The fourth-order valence-corrected chi connectivity index (χ4v) is 3.66. The van der Waals surface area contributed by atoms with Crippen molar-refractivity contribution in [2.75, 3.05) is 38.1 Å². The molecule has 3 heterocycles. The van der Waals surface area contributed by atoms with Gasteiger partial charge in [0.05, 0.1) is 6.54 Å². The number of H-pyrrole nitrogens is 1. The average Bonchev–Trinajstić information content (AvgIpc) is 3.02. The van der Waals surface area contributed by atoms with E-state index < -0.39 is 11.2 Å². The molecule has 3 aromatic rings. The second-order valence-electron chi connectivity index (χ2n) is 6.91. The van der Waals surface area contributed by atoms with Crippen molar-refractivity contribution in [2.45, 2.75) is 6.54 Å². The van der Waals surface area contributed by atoms with Gasteiger partial charge in [0, 0.05) is 37.7 Å². The van der Waals surface area contributed by atoms with Crippen LogP contribution in [-0.4, -0.2) is 57.2 Å². The van der Waals surface area contributed by atoms with Gasteiger partial charge in [-0.15, -0.1) is 0 Å². The van der Waals surface area contributed by atoms with Gasteiger partial charge in [-0.2, -0.15) is 4.98 Å². The van der Waals surface area contributed by atoms with E-state index in [9.17, 15) is 9.59 Å². The van der Waals surface area contributed by atoms with E-state index >= 15 is 0 Å². The van der Waals surface area contributed by atoms with E-state index in [0.717, 1.165) is 42.2 Å². The number of imidazole rings is 1. The second-order valence-corrected chi connectivity index (χ2v) is 7.82. The average molecular weight is 433 g/mol. The first kappa shape index (κ1) is 18.0. The van der Waals surface area contributed by atoms with Gasteiger partial charge >= 0.3 is 5.69 Å². The van der Waals surface area contributed by atoms with Crippen molar-refractivity contribution in [2.24, 2.45) is 7.05 Å². The Kier molecular flexibility index (Phi) is 4.65. The summed E-state index contributed by atoms with van der Waals surface area (Å²) in [6.07, 6.45) is 0. The minimum Gasteiger partial charge on any atom is -0.340 e. The lowest BCUT2D eigenvalue weighted by Crippen LogP contribution is -2.45. The zero-order valence-electron chi connectivity index (χ0n) is 15.3. The van der Waals surface area contributed by atoms with Crippen LogP contribution in [0.25, 0.3) is 11.2 Å². The monoisotopic (exact) mass is 432 g/mol. The Balaban J connectivity index is 1.88. The van der Waals surface area contributed by atoms with Gasteiger partial charge in [0.1, 0.15) is 0 Å². The number of nitrogens with one attached hydrogen (secondary N) is 1. The summed E-state index contributed by atoms with van der Waals surface area (Å²) in [5.74, 6) is 0.729. The number of aryl methyl sites for hydroxylation is 1. The fraction of sp³-hybridized carbons (Fsp3) is 0.389. The maximum absolute atomic E-state index is 12.6. The molecule has 1 aliphatic heterocycles. The molecule has 1 saturated heterocycles. The van der Waals surface area contributed by atoms with Gasteiger partial charge in [0.25, 0.3) is 5.56 Å². The first-order valence-corrected chi connectivity index (χ1v) is 9.61. The first-order chi connectivity index (χ1) is 12.9. The summed E-state index contributed by atoms with van der Waals surface area (Å²) >= 11 is 3.45. The molecule has 0 spiro atoms. The Hall–Kier alpha value is -2.39. The van der Waals surface area contributed by atoms with E-state index in [1.54, 1.807) is 7.05 Å². The molecule has 0 radical (unpaired) electrons. The van der Waals surface area contributed by atoms with Crippen LogP contribution in [0.1, 0.15) is 5.56 Å². The maximum Gasteiger partial charge on any atom is 0.329 e. The highest BCUT2D eigenvalue weighted by molar-refractivity contribution is 9.10. The highest BCUT2D eigenvalue weighted by atomic mass is 79.9. The predicted octanol–water partition coefficient (Wildman–Crippen LogP) is 0.986. The van der Waals surface area contributed by atoms with Gasteiger partial charge in [0.2, 0.25) is 5.95 Å². The standard InChI is InChI=1S/C18H21BrN6O2/c1-22-7-9-24(10-8-22)17-20-15-14(16(26)21-18(27)23(15)2)25(17)11-12-3-5-13(19)6-4-12/h3-6H,7-11H2,1-2H3,(H,21,26,27). The molecule has 9 heteroatoms. The van der Waals surface area contributed by atoms with Crippen LogP contribution in [0, 0.1) is 0 Å². The highest BCUT2D eigenvalue weighted by Gasteiger charge is 2.24. The third-order valence-corrected chi connectivity index (χ3v) is 5.56. The second kappa shape index (κ2) is 6.97. The minimum atomic E-state index is -0.453.